The molecule has 1 rings (SSSR count). The van der Waals surface area contributed by atoms with Gasteiger partial charge in [0.1, 0.15) is 11.5 Å². The van der Waals surface area contributed by atoms with Crippen LogP contribution in [0.25, 0.3) is 0 Å². The van der Waals surface area contributed by atoms with Crippen LogP contribution in [0.5, 0.6) is 11.5 Å². The molecule has 104 valence electrons. The molecule has 0 amide bonds. The topological polar surface area (TPSA) is 55.8 Å². The Morgan fingerprint density at radius 1 is 1.42 bits per heavy atom. The monoisotopic (exact) mass is 340 g/mol. The first kappa shape index (κ1) is 15.4. The summed E-state index contributed by atoms with van der Waals surface area (Å²) >= 11 is 2.97. The number of aliphatic carboxylic acids is 1. The molecule has 0 saturated heterocycles. The van der Waals surface area contributed by atoms with Crippen LogP contribution in [0.3, 0.4) is 0 Å². The average molecular weight is 341 g/mol. The second-order valence-electron chi connectivity index (χ2n) is 3.29. The van der Waals surface area contributed by atoms with Gasteiger partial charge in [-0.3, -0.25) is 0 Å². The van der Waals surface area contributed by atoms with Gasteiger partial charge in [-0.2, -0.15) is 8.78 Å². The molecule has 0 atom stereocenters. The lowest BCUT2D eigenvalue weighted by Gasteiger charge is -2.11. The van der Waals surface area contributed by atoms with Gasteiger partial charge in [0.2, 0.25) is 0 Å². The van der Waals surface area contributed by atoms with Gasteiger partial charge in [0.15, 0.2) is 11.6 Å². The van der Waals surface area contributed by atoms with Crippen LogP contribution in [0.4, 0.5) is 13.2 Å². The molecule has 0 spiro atoms. The second-order valence-corrected chi connectivity index (χ2v) is 4.14. The lowest BCUT2D eigenvalue weighted by atomic mass is 10.3. The van der Waals surface area contributed by atoms with Crippen molar-refractivity contribution in [1.29, 1.82) is 0 Å². The number of carboxylic acid groups (broad SMARTS) is 1. The first-order chi connectivity index (χ1) is 8.79. The Kier molecular flexibility index (Phi) is 5.22. The van der Waals surface area contributed by atoms with E-state index in [0.717, 1.165) is 18.2 Å². The Bertz CT molecular complexity index is 517. The second kappa shape index (κ2) is 6.46. The van der Waals surface area contributed by atoms with E-state index < -0.39 is 24.1 Å². The Hall–Kier alpha value is -1.70. The van der Waals surface area contributed by atoms with E-state index in [2.05, 4.69) is 20.7 Å². The molecule has 0 unspecified atom stereocenters. The minimum Gasteiger partial charge on any atom is -0.478 e. The summed E-state index contributed by atoms with van der Waals surface area (Å²) in [4.78, 5) is 10.4. The SMILES string of the molecule is C/C(=C\C(=O)O)Oc1cc(F)c(OC(F)F)cc1Br. The van der Waals surface area contributed by atoms with Gasteiger partial charge in [0, 0.05) is 12.1 Å². The van der Waals surface area contributed by atoms with Crippen LogP contribution in [0.15, 0.2) is 28.4 Å². The first-order valence-corrected chi connectivity index (χ1v) is 5.62. The van der Waals surface area contributed by atoms with Crippen molar-refractivity contribution in [3.05, 3.63) is 34.3 Å². The summed E-state index contributed by atoms with van der Waals surface area (Å²) in [6, 6.07) is 1.77. The summed E-state index contributed by atoms with van der Waals surface area (Å²) in [6.45, 7) is -1.80. The maximum Gasteiger partial charge on any atom is 0.387 e. The van der Waals surface area contributed by atoms with E-state index in [-0.39, 0.29) is 16.0 Å². The highest BCUT2D eigenvalue weighted by Crippen LogP contribution is 2.33. The zero-order valence-electron chi connectivity index (χ0n) is 9.49. The van der Waals surface area contributed by atoms with Crippen LogP contribution >= 0.6 is 15.9 Å². The van der Waals surface area contributed by atoms with E-state index in [1.54, 1.807) is 0 Å². The number of carboxylic acids is 1. The Morgan fingerprint density at radius 3 is 2.58 bits per heavy atom. The molecule has 0 saturated carbocycles. The van der Waals surface area contributed by atoms with Gasteiger partial charge in [-0.25, -0.2) is 9.18 Å². The molecule has 8 heteroatoms. The summed E-state index contributed by atoms with van der Waals surface area (Å²) in [7, 11) is 0. The van der Waals surface area contributed by atoms with Gasteiger partial charge in [-0.15, -0.1) is 0 Å². The molecular weight excluding hydrogens is 333 g/mol. The predicted octanol–water partition coefficient (Wildman–Crippen LogP) is 3.56. The summed E-state index contributed by atoms with van der Waals surface area (Å²) in [5.74, 6) is -2.99. The van der Waals surface area contributed by atoms with E-state index in [4.69, 9.17) is 9.84 Å². The number of benzene rings is 1. The van der Waals surface area contributed by atoms with E-state index in [9.17, 15) is 18.0 Å². The van der Waals surface area contributed by atoms with Crippen LogP contribution < -0.4 is 9.47 Å². The molecule has 0 bridgehead atoms. The normalized spacial score (nSPS) is 11.6. The largest absolute Gasteiger partial charge is 0.478 e. The van der Waals surface area contributed by atoms with Crippen molar-refractivity contribution in [2.75, 3.05) is 0 Å². The van der Waals surface area contributed by atoms with E-state index in [1.807, 2.05) is 0 Å². The summed E-state index contributed by atoms with van der Waals surface area (Å²) < 4.78 is 46.5. The highest BCUT2D eigenvalue weighted by Gasteiger charge is 2.14. The molecule has 0 radical (unpaired) electrons. The van der Waals surface area contributed by atoms with Crippen molar-refractivity contribution in [3.8, 4) is 11.5 Å². The fourth-order valence-corrected chi connectivity index (χ4v) is 1.55. The maximum absolute atomic E-state index is 13.4. The number of hydrogen-bond donors (Lipinski definition) is 1. The quantitative estimate of drug-likeness (QED) is 0.657. The van der Waals surface area contributed by atoms with Gasteiger partial charge in [0.05, 0.1) is 10.5 Å². The maximum atomic E-state index is 13.4. The van der Waals surface area contributed by atoms with Crippen molar-refractivity contribution in [2.45, 2.75) is 13.5 Å². The molecule has 0 aliphatic carbocycles. The van der Waals surface area contributed by atoms with E-state index in [1.165, 1.54) is 6.92 Å². The minimum atomic E-state index is -3.15. The van der Waals surface area contributed by atoms with E-state index in [0.29, 0.717) is 0 Å². The summed E-state index contributed by atoms with van der Waals surface area (Å²) in [5, 5.41) is 8.48. The highest BCUT2D eigenvalue weighted by atomic mass is 79.9. The van der Waals surface area contributed by atoms with Crippen LogP contribution in [0, 0.1) is 5.82 Å². The van der Waals surface area contributed by atoms with Gasteiger partial charge in [-0.05, 0) is 22.9 Å². The standard InChI is InChI=1S/C11H8BrF3O4/c1-5(2-10(16)17)18-8-4-7(13)9(3-6(8)12)19-11(14)15/h2-4,11H,1H3,(H,16,17)/b5-2+. The van der Waals surface area contributed by atoms with Crippen LogP contribution in [-0.4, -0.2) is 17.7 Å². The fourth-order valence-electron chi connectivity index (χ4n) is 1.15. The van der Waals surface area contributed by atoms with Gasteiger partial charge >= 0.3 is 12.6 Å². The minimum absolute atomic E-state index is 0.00451. The van der Waals surface area contributed by atoms with Gasteiger partial charge < -0.3 is 14.6 Å². The van der Waals surface area contributed by atoms with Crippen molar-refractivity contribution in [2.24, 2.45) is 0 Å². The molecule has 0 fully saturated rings. The Balaban J connectivity index is 2.99. The molecule has 0 aromatic heterocycles. The number of alkyl halides is 2. The molecule has 1 aromatic rings. The molecule has 0 aliphatic heterocycles. The lowest BCUT2D eigenvalue weighted by Crippen LogP contribution is -2.04. The van der Waals surface area contributed by atoms with Crippen molar-refractivity contribution in [3.63, 3.8) is 0 Å². The number of ether oxygens (including phenoxy) is 2. The molecule has 1 N–H and O–H groups in total. The molecule has 19 heavy (non-hydrogen) atoms. The van der Waals surface area contributed by atoms with Crippen molar-refractivity contribution >= 4 is 21.9 Å². The van der Waals surface area contributed by atoms with E-state index >= 15 is 0 Å². The predicted molar refractivity (Wildman–Crippen MR) is 62.8 cm³/mol. The van der Waals surface area contributed by atoms with Crippen LogP contribution in [0.2, 0.25) is 0 Å². The van der Waals surface area contributed by atoms with Crippen LogP contribution in [0.1, 0.15) is 6.92 Å². The zero-order chi connectivity index (χ0) is 14.6. The summed E-state index contributed by atoms with van der Waals surface area (Å²) in [5.41, 5.74) is 0. The number of allylic oxidation sites excluding steroid dienone is 1. The van der Waals surface area contributed by atoms with Gasteiger partial charge in [-0.1, -0.05) is 0 Å². The molecule has 0 aliphatic rings. The zero-order valence-corrected chi connectivity index (χ0v) is 11.1. The average Bonchev–Trinajstić information content (AvgIpc) is 2.23. The van der Waals surface area contributed by atoms with Crippen molar-refractivity contribution in [1.82, 2.24) is 0 Å². The smallest absolute Gasteiger partial charge is 0.387 e. The number of halogens is 4. The Morgan fingerprint density at radius 2 is 2.05 bits per heavy atom. The highest BCUT2D eigenvalue weighted by molar-refractivity contribution is 9.10. The van der Waals surface area contributed by atoms with Crippen LogP contribution in [-0.2, 0) is 4.79 Å². The Labute approximate surface area is 114 Å². The number of rotatable bonds is 5. The summed E-state index contributed by atoms with van der Waals surface area (Å²) in [6.07, 6.45) is 0.772. The lowest BCUT2D eigenvalue weighted by molar-refractivity contribution is -0.131. The molecule has 0 heterocycles. The molecule has 1 aromatic carbocycles. The number of carbonyl (C=O) groups is 1. The fraction of sp³-hybridized carbons (Fsp3) is 0.182. The molecular formula is C11H8BrF3O4. The molecule has 4 nitrogen and oxygen atoms in total. The third-order valence-corrected chi connectivity index (χ3v) is 2.42. The first-order valence-electron chi connectivity index (χ1n) is 4.82. The van der Waals surface area contributed by atoms with Crippen molar-refractivity contribution < 1.29 is 32.5 Å². The third-order valence-electron chi connectivity index (χ3n) is 1.80. The third kappa shape index (κ3) is 4.82. The number of hydrogen-bond acceptors (Lipinski definition) is 3. The van der Waals surface area contributed by atoms with Gasteiger partial charge in [0.25, 0.3) is 0 Å².